The summed E-state index contributed by atoms with van der Waals surface area (Å²) in [4.78, 5) is 15.9. The molecule has 2 aromatic heterocycles. The Morgan fingerprint density at radius 3 is 2.94 bits per heavy atom. The first-order chi connectivity index (χ1) is 8.29. The van der Waals surface area contributed by atoms with Gasteiger partial charge in [-0.2, -0.15) is 24.7 Å². The van der Waals surface area contributed by atoms with Gasteiger partial charge in [0.15, 0.2) is 5.16 Å². The monoisotopic (exact) mass is 253 g/mol. The van der Waals surface area contributed by atoms with Gasteiger partial charge in [0.25, 0.3) is 5.95 Å². The summed E-state index contributed by atoms with van der Waals surface area (Å²) in [7, 11) is 0. The number of aliphatic hydroxyl groups is 1. The van der Waals surface area contributed by atoms with Crippen LogP contribution in [0.2, 0.25) is 0 Å². The van der Waals surface area contributed by atoms with Gasteiger partial charge < -0.3 is 10.8 Å². The molecule has 0 saturated heterocycles. The van der Waals surface area contributed by atoms with Crippen molar-refractivity contribution in [2.24, 2.45) is 0 Å². The minimum Gasteiger partial charge on any atom is -0.396 e. The molecule has 0 atom stereocenters. The first-order valence-electron chi connectivity index (χ1n) is 4.90. The van der Waals surface area contributed by atoms with E-state index in [1.165, 1.54) is 29.1 Å². The number of nitrogens with two attached hydrogens (primary N) is 1. The topological polar surface area (TPSA) is 116 Å². The van der Waals surface area contributed by atoms with Crippen LogP contribution in [0, 0.1) is 0 Å². The third kappa shape index (κ3) is 3.11. The van der Waals surface area contributed by atoms with Gasteiger partial charge >= 0.3 is 0 Å². The van der Waals surface area contributed by atoms with Crippen LogP contribution in [0.25, 0.3) is 5.95 Å². The molecule has 17 heavy (non-hydrogen) atoms. The van der Waals surface area contributed by atoms with E-state index in [9.17, 15) is 0 Å². The van der Waals surface area contributed by atoms with Gasteiger partial charge in [0.05, 0.1) is 0 Å². The van der Waals surface area contributed by atoms with E-state index in [2.05, 4.69) is 25.0 Å². The van der Waals surface area contributed by atoms with E-state index in [-0.39, 0.29) is 12.6 Å². The molecule has 0 amide bonds. The largest absolute Gasteiger partial charge is 0.396 e. The van der Waals surface area contributed by atoms with Gasteiger partial charge in [0, 0.05) is 12.4 Å². The summed E-state index contributed by atoms with van der Waals surface area (Å²) >= 11 is 1.41. The van der Waals surface area contributed by atoms with Crippen LogP contribution in [-0.2, 0) is 0 Å². The van der Waals surface area contributed by atoms with Crippen LogP contribution >= 0.6 is 11.8 Å². The lowest BCUT2D eigenvalue weighted by atomic mass is 10.5. The van der Waals surface area contributed by atoms with Crippen molar-refractivity contribution in [2.75, 3.05) is 18.1 Å². The SMILES string of the molecule is Nc1nc(SCCCO)nc(-n2cncn2)n1. The van der Waals surface area contributed by atoms with Gasteiger partial charge in [-0.1, -0.05) is 11.8 Å². The molecule has 2 heterocycles. The molecule has 0 saturated carbocycles. The lowest BCUT2D eigenvalue weighted by Gasteiger charge is -2.03. The lowest BCUT2D eigenvalue weighted by Crippen LogP contribution is -2.07. The maximum absolute atomic E-state index is 8.69. The van der Waals surface area contributed by atoms with Gasteiger partial charge in [0.1, 0.15) is 12.7 Å². The molecule has 2 aromatic rings. The summed E-state index contributed by atoms with van der Waals surface area (Å²) in [5, 5.41) is 13.1. The van der Waals surface area contributed by atoms with E-state index in [1.54, 1.807) is 0 Å². The van der Waals surface area contributed by atoms with Crippen LogP contribution in [0.3, 0.4) is 0 Å². The predicted octanol–water partition coefficient (Wildman–Crippen LogP) is -0.491. The minimum atomic E-state index is 0.136. The van der Waals surface area contributed by atoms with Crippen molar-refractivity contribution in [2.45, 2.75) is 11.6 Å². The molecule has 0 unspecified atom stereocenters. The summed E-state index contributed by atoms with van der Waals surface area (Å²) in [6.45, 7) is 0.142. The molecule has 0 aromatic carbocycles. The number of hydrogen-bond donors (Lipinski definition) is 2. The number of thioether (sulfide) groups is 1. The molecule has 0 aliphatic rings. The first-order valence-corrected chi connectivity index (χ1v) is 5.88. The third-order valence-electron chi connectivity index (χ3n) is 1.78. The van der Waals surface area contributed by atoms with Crippen molar-refractivity contribution in [3.8, 4) is 5.95 Å². The number of nitrogens with zero attached hydrogens (tertiary/aromatic N) is 6. The fraction of sp³-hybridized carbons (Fsp3) is 0.375. The third-order valence-corrected chi connectivity index (χ3v) is 2.71. The molecule has 2 rings (SSSR count). The Bertz CT molecular complexity index is 475. The maximum Gasteiger partial charge on any atom is 0.257 e. The van der Waals surface area contributed by atoms with E-state index in [0.717, 1.165) is 5.75 Å². The molecule has 90 valence electrons. The number of aromatic nitrogens is 6. The lowest BCUT2D eigenvalue weighted by molar-refractivity contribution is 0.296. The van der Waals surface area contributed by atoms with Crippen LogP contribution in [0.15, 0.2) is 17.8 Å². The molecule has 0 aliphatic heterocycles. The number of hydrogen-bond acceptors (Lipinski definition) is 8. The van der Waals surface area contributed by atoms with Crippen molar-refractivity contribution >= 4 is 17.7 Å². The number of rotatable bonds is 5. The van der Waals surface area contributed by atoms with Crippen molar-refractivity contribution in [1.82, 2.24) is 29.7 Å². The summed E-state index contributed by atoms with van der Waals surface area (Å²) < 4.78 is 1.41. The van der Waals surface area contributed by atoms with Crippen molar-refractivity contribution in [3.05, 3.63) is 12.7 Å². The molecule has 0 fully saturated rings. The molecule has 3 N–H and O–H groups in total. The van der Waals surface area contributed by atoms with Crippen molar-refractivity contribution in [3.63, 3.8) is 0 Å². The number of nitrogen functional groups attached to an aromatic ring is 1. The van der Waals surface area contributed by atoms with Gasteiger partial charge in [-0.05, 0) is 6.42 Å². The fourth-order valence-electron chi connectivity index (χ4n) is 1.07. The molecule has 9 heteroatoms. The van der Waals surface area contributed by atoms with Crippen molar-refractivity contribution < 1.29 is 5.11 Å². The predicted molar refractivity (Wildman–Crippen MR) is 61.6 cm³/mol. The average molecular weight is 253 g/mol. The maximum atomic E-state index is 8.69. The second kappa shape index (κ2) is 5.55. The van der Waals surface area contributed by atoms with E-state index in [1.807, 2.05) is 0 Å². The smallest absolute Gasteiger partial charge is 0.257 e. The van der Waals surface area contributed by atoms with Gasteiger partial charge in [-0.15, -0.1) is 0 Å². The van der Waals surface area contributed by atoms with Crippen molar-refractivity contribution in [1.29, 1.82) is 0 Å². The summed E-state index contributed by atoms with van der Waals surface area (Å²) in [5.41, 5.74) is 5.58. The van der Waals surface area contributed by atoms with E-state index < -0.39 is 0 Å². The summed E-state index contributed by atoms with van der Waals surface area (Å²) in [6, 6.07) is 0. The van der Waals surface area contributed by atoms with E-state index in [0.29, 0.717) is 17.5 Å². The van der Waals surface area contributed by atoms with Crippen LogP contribution in [0.4, 0.5) is 5.95 Å². The van der Waals surface area contributed by atoms with Crippen LogP contribution < -0.4 is 5.73 Å². The molecular weight excluding hydrogens is 242 g/mol. The molecule has 0 radical (unpaired) electrons. The second-order valence-corrected chi connectivity index (χ2v) is 4.10. The summed E-state index contributed by atoms with van der Waals surface area (Å²) in [5.74, 6) is 1.19. The standard InChI is InChI=1S/C8H11N7OS/c9-6-12-7(15-5-10-4-11-15)14-8(13-6)17-3-1-2-16/h4-5,16H,1-3H2,(H2,9,12,13,14). The van der Waals surface area contributed by atoms with E-state index in [4.69, 9.17) is 10.8 Å². The zero-order chi connectivity index (χ0) is 12.1. The summed E-state index contributed by atoms with van der Waals surface area (Å²) in [6.07, 6.45) is 3.55. The fourth-order valence-corrected chi connectivity index (χ4v) is 1.83. The molecule has 0 aliphatic carbocycles. The Balaban J connectivity index is 2.18. The molecule has 0 spiro atoms. The van der Waals surface area contributed by atoms with E-state index >= 15 is 0 Å². The number of aliphatic hydroxyl groups excluding tert-OH is 1. The Hall–Kier alpha value is -1.74. The number of anilines is 1. The zero-order valence-electron chi connectivity index (χ0n) is 8.89. The van der Waals surface area contributed by atoms with Gasteiger partial charge in [-0.25, -0.2) is 4.98 Å². The quantitative estimate of drug-likeness (QED) is 0.541. The highest BCUT2D eigenvalue weighted by molar-refractivity contribution is 7.99. The Morgan fingerprint density at radius 1 is 1.35 bits per heavy atom. The highest BCUT2D eigenvalue weighted by atomic mass is 32.2. The first kappa shape index (κ1) is 11.7. The Labute approximate surface area is 101 Å². The van der Waals surface area contributed by atoms with Gasteiger partial charge in [-0.3, -0.25) is 0 Å². The Morgan fingerprint density at radius 2 is 2.24 bits per heavy atom. The van der Waals surface area contributed by atoms with Crippen LogP contribution in [-0.4, -0.2) is 47.2 Å². The van der Waals surface area contributed by atoms with Crippen LogP contribution in [0.1, 0.15) is 6.42 Å². The highest BCUT2D eigenvalue weighted by Crippen LogP contribution is 2.15. The normalized spacial score (nSPS) is 10.6. The molecule has 0 bridgehead atoms. The Kier molecular flexibility index (Phi) is 3.83. The minimum absolute atomic E-state index is 0.136. The zero-order valence-corrected chi connectivity index (χ0v) is 9.71. The highest BCUT2D eigenvalue weighted by Gasteiger charge is 2.07. The molecule has 8 nitrogen and oxygen atoms in total. The van der Waals surface area contributed by atoms with Gasteiger partial charge in [0.2, 0.25) is 5.95 Å². The van der Waals surface area contributed by atoms with Crippen LogP contribution in [0.5, 0.6) is 0 Å². The second-order valence-electron chi connectivity index (χ2n) is 3.04. The average Bonchev–Trinajstić information content (AvgIpc) is 2.82. The molecular formula is C8H11N7OS.